The summed E-state index contributed by atoms with van der Waals surface area (Å²) >= 11 is 0. The second-order valence-corrected chi connectivity index (χ2v) is 5.23. The molecule has 0 fully saturated rings. The summed E-state index contributed by atoms with van der Waals surface area (Å²) in [5.41, 5.74) is -0.267. The fourth-order valence-electron chi connectivity index (χ4n) is 2.49. The van der Waals surface area contributed by atoms with Crippen LogP contribution in [-0.4, -0.2) is 34.2 Å². The van der Waals surface area contributed by atoms with Crippen LogP contribution in [0, 0.1) is 5.82 Å². The Labute approximate surface area is 139 Å². The molecule has 1 heterocycles. The molecule has 5 nitrogen and oxygen atoms in total. The van der Waals surface area contributed by atoms with E-state index in [1.807, 2.05) is 0 Å². The second-order valence-electron chi connectivity index (χ2n) is 5.23. The number of halogens is 1. The van der Waals surface area contributed by atoms with E-state index in [1.54, 1.807) is 26.0 Å². The predicted molar refractivity (Wildman–Crippen MR) is 88.4 cm³/mol. The lowest BCUT2D eigenvalue weighted by molar-refractivity contribution is -0.133. The molecule has 1 aromatic carbocycles. The number of carbonyl (C=O) groups is 2. The van der Waals surface area contributed by atoms with Gasteiger partial charge in [-0.25, -0.2) is 4.39 Å². The number of aromatic nitrogens is 1. The number of pyridine rings is 1. The highest BCUT2D eigenvalue weighted by atomic mass is 19.1. The molecular weight excluding hydrogens is 311 g/mol. The average molecular weight is 330 g/mol. The molecule has 1 aromatic heterocycles. The molecule has 0 aliphatic heterocycles. The Balaban J connectivity index is 2.52. The Morgan fingerprint density at radius 1 is 1.08 bits per heavy atom. The van der Waals surface area contributed by atoms with E-state index in [-0.39, 0.29) is 5.56 Å². The number of benzene rings is 1. The summed E-state index contributed by atoms with van der Waals surface area (Å²) in [5, 5.41) is 0. The van der Waals surface area contributed by atoms with Gasteiger partial charge in [0, 0.05) is 30.9 Å². The fraction of sp³-hybridized carbons (Fsp3) is 0.278. The SMILES string of the molecule is CCN(CC)C(=O)C(C(=O)c1ccc(F)cc1)n1ccccc1=O. The van der Waals surface area contributed by atoms with Crippen LogP contribution in [0.3, 0.4) is 0 Å². The molecule has 2 aromatic rings. The van der Waals surface area contributed by atoms with E-state index in [0.717, 1.165) is 16.7 Å². The third kappa shape index (κ3) is 3.59. The predicted octanol–water partition coefficient (Wildman–Crippen LogP) is 2.28. The van der Waals surface area contributed by atoms with Gasteiger partial charge in [0.2, 0.25) is 0 Å². The number of amides is 1. The first kappa shape index (κ1) is 17.6. The highest BCUT2D eigenvalue weighted by Gasteiger charge is 2.32. The number of rotatable bonds is 6. The topological polar surface area (TPSA) is 59.4 Å². The molecule has 1 amide bonds. The first-order valence-corrected chi connectivity index (χ1v) is 7.75. The van der Waals surface area contributed by atoms with E-state index in [1.165, 1.54) is 29.3 Å². The van der Waals surface area contributed by atoms with Crippen LogP contribution in [0.5, 0.6) is 0 Å². The molecule has 126 valence electrons. The van der Waals surface area contributed by atoms with Crippen molar-refractivity contribution in [3.05, 3.63) is 70.4 Å². The van der Waals surface area contributed by atoms with Gasteiger partial charge < -0.3 is 4.90 Å². The first-order valence-electron chi connectivity index (χ1n) is 7.75. The zero-order valence-electron chi connectivity index (χ0n) is 13.6. The maximum Gasteiger partial charge on any atom is 0.253 e. The van der Waals surface area contributed by atoms with Crippen LogP contribution in [-0.2, 0) is 4.79 Å². The Bertz CT molecular complexity index is 779. The van der Waals surface area contributed by atoms with Gasteiger partial charge in [0.15, 0.2) is 11.8 Å². The molecule has 0 bridgehead atoms. The molecule has 0 spiro atoms. The number of hydrogen-bond donors (Lipinski definition) is 0. The van der Waals surface area contributed by atoms with Crippen molar-refractivity contribution in [3.63, 3.8) is 0 Å². The van der Waals surface area contributed by atoms with Crippen molar-refractivity contribution in [2.45, 2.75) is 19.9 Å². The molecule has 0 saturated carbocycles. The minimum absolute atomic E-state index is 0.178. The summed E-state index contributed by atoms with van der Waals surface area (Å²) in [6.07, 6.45) is 1.41. The lowest BCUT2D eigenvalue weighted by Gasteiger charge is -2.25. The Morgan fingerprint density at radius 2 is 1.71 bits per heavy atom. The zero-order chi connectivity index (χ0) is 17.7. The Morgan fingerprint density at radius 3 is 2.25 bits per heavy atom. The van der Waals surface area contributed by atoms with Gasteiger partial charge in [0.05, 0.1) is 0 Å². The van der Waals surface area contributed by atoms with Crippen molar-refractivity contribution in [2.75, 3.05) is 13.1 Å². The van der Waals surface area contributed by atoms with Gasteiger partial charge in [0.1, 0.15) is 5.82 Å². The van der Waals surface area contributed by atoms with Crippen LogP contribution in [0.25, 0.3) is 0 Å². The van der Waals surface area contributed by atoms with E-state index in [2.05, 4.69) is 0 Å². The fourth-order valence-corrected chi connectivity index (χ4v) is 2.49. The van der Waals surface area contributed by atoms with Crippen LogP contribution >= 0.6 is 0 Å². The van der Waals surface area contributed by atoms with Crippen LogP contribution < -0.4 is 5.56 Å². The van der Waals surface area contributed by atoms with Crippen molar-refractivity contribution in [3.8, 4) is 0 Å². The molecule has 0 aliphatic carbocycles. The van der Waals surface area contributed by atoms with E-state index in [0.29, 0.717) is 13.1 Å². The van der Waals surface area contributed by atoms with Gasteiger partial charge in [-0.15, -0.1) is 0 Å². The van der Waals surface area contributed by atoms with Crippen LogP contribution in [0.15, 0.2) is 53.5 Å². The number of hydrogen-bond acceptors (Lipinski definition) is 3. The van der Waals surface area contributed by atoms with Gasteiger partial charge in [0.25, 0.3) is 11.5 Å². The lowest BCUT2D eigenvalue weighted by Crippen LogP contribution is -2.43. The van der Waals surface area contributed by atoms with Gasteiger partial charge in [-0.1, -0.05) is 6.07 Å². The van der Waals surface area contributed by atoms with Gasteiger partial charge >= 0.3 is 0 Å². The minimum atomic E-state index is -1.30. The largest absolute Gasteiger partial charge is 0.341 e. The number of likely N-dealkylation sites (N-methyl/N-ethyl adjacent to an activating group) is 1. The molecular formula is C18H19FN2O3. The van der Waals surface area contributed by atoms with Gasteiger partial charge in [-0.2, -0.15) is 0 Å². The molecule has 2 rings (SSSR count). The normalized spacial score (nSPS) is 11.8. The van der Waals surface area contributed by atoms with Crippen molar-refractivity contribution in [1.82, 2.24) is 9.47 Å². The van der Waals surface area contributed by atoms with E-state index in [4.69, 9.17) is 0 Å². The van der Waals surface area contributed by atoms with Crippen molar-refractivity contribution >= 4 is 11.7 Å². The molecule has 6 heteroatoms. The average Bonchev–Trinajstić information content (AvgIpc) is 2.58. The summed E-state index contributed by atoms with van der Waals surface area (Å²) in [5.74, 6) is -1.47. The second kappa shape index (κ2) is 7.68. The van der Waals surface area contributed by atoms with E-state index < -0.39 is 29.1 Å². The molecule has 1 atom stereocenters. The lowest BCUT2D eigenvalue weighted by atomic mass is 10.0. The number of carbonyl (C=O) groups excluding carboxylic acids is 2. The number of Topliss-reactive ketones (excluding diaryl/α,β-unsaturated/α-hetero) is 1. The number of nitrogens with zero attached hydrogens (tertiary/aromatic N) is 2. The summed E-state index contributed by atoms with van der Waals surface area (Å²) in [6, 6.07) is 8.05. The maximum atomic E-state index is 13.1. The maximum absolute atomic E-state index is 13.1. The monoisotopic (exact) mass is 330 g/mol. The molecule has 0 aliphatic rings. The van der Waals surface area contributed by atoms with Crippen molar-refractivity contribution in [2.24, 2.45) is 0 Å². The summed E-state index contributed by atoms with van der Waals surface area (Å²) in [6.45, 7) is 4.44. The standard InChI is InChI=1S/C18H19FN2O3/c1-3-20(4-2)18(24)16(21-12-6-5-7-15(21)22)17(23)13-8-10-14(19)11-9-13/h5-12,16H,3-4H2,1-2H3. The van der Waals surface area contributed by atoms with Crippen molar-refractivity contribution in [1.29, 1.82) is 0 Å². The van der Waals surface area contributed by atoms with Crippen LogP contribution in [0.4, 0.5) is 4.39 Å². The zero-order valence-corrected chi connectivity index (χ0v) is 13.6. The summed E-state index contributed by atoms with van der Waals surface area (Å²) < 4.78 is 14.2. The quantitative estimate of drug-likeness (QED) is 0.603. The first-order chi connectivity index (χ1) is 11.5. The van der Waals surface area contributed by atoms with Gasteiger partial charge in [-0.05, 0) is 44.2 Å². The third-order valence-corrected chi connectivity index (χ3v) is 3.82. The van der Waals surface area contributed by atoms with Crippen LogP contribution in [0.1, 0.15) is 30.2 Å². The molecule has 0 radical (unpaired) electrons. The Kier molecular flexibility index (Phi) is 5.63. The smallest absolute Gasteiger partial charge is 0.253 e. The molecule has 1 unspecified atom stereocenters. The van der Waals surface area contributed by atoms with E-state index in [9.17, 15) is 18.8 Å². The summed E-state index contributed by atoms with van der Waals surface area (Å²) in [4.78, 5) is 39.3. The number of ketones is 1. The van der Waals surface area contributed by atoms with Crippen molar-refractivity contribution < 1.29 is 14.0 Å². The van der Waals surface area contributed by atoms with Gasteiger partial charge in [-0.3, -0.25) is 19.0 Å². The highest BCUT2D eigenvalue weighted by molar-refractivity contribution is 6.11. The third-order valence-electron chi connectivity index (χ3n) is 3.82. The highest BCUT2D eigenvalue weighted by Crippen LogP contribution is 2.17. The Hall–Kier alpha value is -2.76. The molecule has 0 saturated heterocycles. The minimum Gasteiger partial charge on any atom is -0.341 e. The van der Waals surface area contributed by atoms with Crippen LogP contribution in [0.2, 0.25) is 0 Å². The molecule has 0 N–H and O–H groups in total. The molecule has 24 heavy (non-hydrogen) atoms. The van der Waals surface area contributed by atoms with E-state index >= 15 is 0 Å². The summed E-state index contributed by atoms with van der Waals surface area (Å²) in [7, 11) is 0.